The highest BCUT2D eigenvalue weighted by Gasteiger charge is 2.32. The summed E-state index contributed by atoms with van der Waals surface area (Å²) in [4.78, 5) is 0.386. The van der Waals surface area contributed by atoms with E-state index < -0.39 is 10.0 Å². The van der Waals surface area contributed by atoms with Crippen molar-refractivity contribution >= 4 is 10.0 Å². The summed E-state index contributed by atoms with van der Waals surface area (Å²) in [5.74, 6) is 0. The minimum Gasteiger partial charge on any atom is -0.378 e. The van der Waals surface area contributed by atoms with Gasteiger partial charge >= 0.3 is 0 Å². The van der Waals surface area contributed by atoms with Crippen molar-refractivity contribution in [3.05, 3.63) is 29.3 Å². The Morgan fingerprint density at radius 3 is 2.80 bits per heavy atom. The molecule has 6 heteroatoms. The highest BCUT2D eigenvalue weighted by Crippen LogP contribution is 2.25. The SMILES string of the molecule is CCc1ccc(CN)cc1S(=O)(=O)N1CCOCC1C. The highest BCUT2D eigenvalue weighted by atomic mass is 32.2. The van der Waals surface area contributed by atoms with Crippen molar-refractivity contribution in [3.8, 4) is 0 Å². The molecule has 2 N–H and O–H groups in total. The van der Waals surface area contributed by atoms with E-state index in [0.29, 0.717) is 37.6 Å². The Bertz CT molecular complexity index is 572. The summed E-state index contributed by atoms with van der Waals surface area (Å²) in [6.45, 7) is 5.46. The molecule has 1 aliphatic rings. The fourth-order valence-corrected chi connectivity index (χ4v) is 4.40. The minimum atomic E-state index is -3.49. The maximum Gasteiger partial charge on any atom is 0.243 e. The van der Waals surface area contributed by atoms with Crippen molar-refractivity contribution in [2.75, 3.05) is 19.8 Å². The zero-order valence-corrected chi connectivity index (χ0v) is 12.8. The lowest BCUT2D eigenvalue weighted by Gasteiger charge is -2.32. The quantitative estimate of drug-likeness (QED) is 0.904. The van der Waals surface area contributed by atoms with Crippen LogP contribution in [0.4, 0.5) is 0 Å². The number of nitrogens with zero attached hydrogens (tertiary/aromatic N) is 1. The lowest BCUT2D eigenvalue weighted by molar-refractivity contribution is 0.0392. The summed E-state index contributed by atoms with van der Waals surface area (Å²) in [5.41, 5.74) is 7.30. The van der Waals surface area contributed by atoms with Crippen LogP contribution in [0.2, 0.25) is 0 Å². The standard InChI is InChI=1S/C14H22N2O3S/c1-3-13-5-4-12(9-15)8-14(13)20(17,18)16-6-7-19-10-11(16)2/h4-5,8,11H,3,6-7,9-10,15H2,1-2H3. The molecule has 1 atom stereocenters. The Kier molecular flexibility index (Phi) is 4.80. The van der Waals surface area contributed by atoms with E-state index in [4.69, 9.17) is 10.5 Å². The number of ether oxygens (including phenoxy) is 1. The molecule has 0 aromatic heterocycles. The number of sulfonamides is 1. The highest BCUT2D eigenvalue weighted by molar-refractivity contribution is 7.89. The van der Waals surface area contributed by atoms with Gasteiger partial charge in [0.05, 0.1) is 18.1 Å². The third-order valence-corrected chi connectivity index (χ3v) is 5.74. The molecule has 0 spiro atoms. The second kappa shape index (κ2) is 6.22. The van der Waals surface area contributed by atoms with Gasteiger partial charge in [-0.1, -0.05) is 19.1 Å². The summed E-state index contributed by atoms with van der Waals surface area (Å²) in [6.07, 6.45) is 0.679. The maximum absolute atomic E-state index is 12.9. The molecule has 1 saturated heterocycles. The Labute approximate surface area is 120 Å². The Hall–Kier alpha value is -0.950. The van der Waals surface area contributed by atoms with E-state index in [1.54, 1.807) is 6.07 Å². The van der Waals surface area contributed by atoms with Crippen LogP contribution < -0.4 is 5.73 Å². The molecule has 2 rings (SSSR count). The lowest BCUT2D eigenvalue weighted by Crippen LogP contribution is -2.47. The van der Waals surface area contributed by atoms with Crippen LogP contribution in [0.3, 0.4) is 0 Å². The molecular weight excluding hydrogens is 276 g/mol. The predicted octanol–water partition coefficient (Wildman–Crippen LogP) is 1.12. The van der Waals surface area contributed by atoms with E-state index in [0.717, 1.165) is 11.1 Å². The van der Waals surface area contributed by atoms with Gasteiger partial charge in [-0.2, -0.15) is 4.31 Å². The van der Waals surface area contributed by atoms with E-state index in [1.807, 2.05) is 26.0 Å². The van der Waals surface area contributed by atoms with Crippen molar-refractivity contribution in [3.63, 3.8) is 0 Å². The molecule has 0 amide bonds. The van der Waals surface area contributed by atoms with Gasteiger partial charge in [-0.05, 0) is 30.5 Å². The third-order valence-electron chi connectivity index (χ3n) is 3.64. The first-order chi connectivity index (χ1) is 9.50. The van der Waals surface area contributed by atoms with Crippen LogP contribution in [0.5, 0.6) is 0 Å². The molecule has 1 unspecified atom stereocenters. The fraction of sp³-hybridized carbons (Fsp3) is 0.571. The van der Waals surface area contributed by atoms with Gasteiger partial charge in [0.2, 0.25) is 10.0 Å². The smallest absolute Gasteiger partial charge is 0.243 e. The van der Waals surface area contributed by atoms with Gasteiger partial charge in [-0.25, -0.2) is 8.42 Å². The second-order valence-corrected chi connectivity index (χ2v) is 6.90. The van der Waals surface area contributed by atoms with Crippen LogP contribution in [-0.2, 0) is 27.7 Å². The molecule has 1 aromatic carbocycles. The fourth-order valence-electron chi connectivity index (χ4n) is 2.45. The summed E-state index contributed by atoms with van der Waals surface area (Å²) in [7, 11) is -3.49. The van der Waals surface area contributed by atoms with Gasteiger partial charge in [-0.15, -0.1) is 0 Å². The summed E-state index contributed by atoms with van der Waals surface area (Å²) in [6, 6.07) is 5.32. The van der Waals surface area contributed by atoms with Crippen molar-refractivity contribution in [2.24, 2.45) is 5.73 Å². The Morgan fingerprint density at radius 1 is 1.45 bits per heavy atom. The number of aryl methyl sites for hydroxylation is 1. The first kappa shape index (κ1) is 15.4. The zero-order valence-electron chi connectivity index (χ0n) is 12.0. The van der Waals surface area contributed by atoms with Gasteiger partial charge in [-0.3, -0.25) is 0 Å². The zero-order chi connectivity index (χ0) is 14.8. The average molecular weight is 298 g/mol. The van der Waals surface area contributed by atoms with E-state index in [9.17, 15) is 8.42 Å². The Balaban J connectivity index is 2.47. The van der Waals surface area contributed by atoms with E-state index >= 15 is 0 Å². The molecule has 5 nitrogen and oxygen atoms in total. The van der Waals surface area contributed by atoms with Gasteiger partial charge in [0.1, 0.15) is 0 Å². The first-order valence-corrected chi connectivity index (χ1v) is 8.36. The van der Waals surface area contributed by atoms with E-state index in [-0.39, 0.29) is 6.04 Å². The number of hydrogen-bond donors (Lipinski definition) is 1. The van der Waals surface area contributed by atoms with Gasteiger partial charge in [0.15, 0.2) is 0 Å². The number of morpholine rings is 1. The van der Waals surface area contributed by atoms with Gasteiger partial charge < -0.3 is 10.5 Å². The normalized spacial score (nSPS) is 21.1. The molecule has 0 bridgehead atoms. The topological polar surface area (TPSA) is 72.6 Å². The van der Waals surface area contributed by atoms with Crippen LogP contribution in [0, 0.1) is 0 Å². The number of benzene rings is 1. The summed E-state index contributed by atoms with van der Waals surface area (Å²) < 4.78 is 32.6. The summed E-state index contributed by atoms with van der Waals surface area (Å²) in [5, 5.41) is 0. The van der Waals surface area contributed by atoms with Crippen molar-refractivity contribution in [1.82, 2.24) is 4.31 Å². The molecular formula is C14H22N2O3S. The van der Waals surface area contributed by atoms with Crippen LogP contribution in [0.25, 0.3) is 0 Å². The molecule has 0 radical (unpaired) electrons. The van der Waals surface area contributed by atoms with Crippen LogP contribution in [0.15, 0.2) is 23.1 Å². The van der Waals surface area contributed by atoms with Crippen LogP contribution in [0.1, 0.15) is 25.0 Å². The third kappa shape index (κ3) is 2.88. The van der Waals surface area contributed by atoms with Crippen LogP contribution >= 0.6 is 0 Å². The van der Waals surface area contributed by atoms with Crippen molar-refractivity contribution in [2.45, 2.75) is 37.8 Å². The molecule has 1 fully saturated rings. The second-order valence-electron chi connectivity index (χ2n) is 5.04. The molecule has 0 saturated carbocycles. The van der Waals surface area contributed by atoms with Gasteiger partial charge in [0.25, 0.3) is 0 Å². The van der Waals surface area contributed by atoms with Crippen molar-refractivity contribution < 1.29 is 13.2 Å². The predicted molar refractivity (Wildman–Crippen MR) is 77.9 cm³/mol. The maximum atomic E-state index is 12.9. The number of rotatable bonds is 4. The number of hydrogen-bond acceptors (Lipinski definition) is 4. The van der Waals surface area contributed by atoms with Crippen LogP contribution in [-0.4, -0.2) is 38.5 Å². The number of nitrogens with two attached hydrogens (primary N) is 1. The largest absolute Gasteiger partial charge is 0.378 e. The monoisotopic (exact) mass is 298 g/mol. The van der Waals surface area contributed by atoms with E-state index in [2.05, 4.69) is 0 Å². The Morgan fingerprint density at radius 2 is 2.20 bits per heavy atom. The molecule has 1 heterocycles. The first-order valence-electron chi connectivity index (χ1n) is 6.92. The molecule has 20 heavy (non-hydrogen) atoms. The molecule has 112 valence electrons. The molecule has 0 aliphatic carbocycles. The molecule has 1 aromatic rings. The average Bonchev–Trinajstić information content (AvgIpc) is 2.46. The van der Waals surface area contributed by atoms with E-state index in [1.165, 1.54) is 4.31 Å². The molecule has 1 aliphatic heterocycles. The van der Waals surface area contributed by atoms with Crippen molar-refractivity contribution in [1.29, 1.82) is 0 Å². The minimum absolute atomic E-state index is 0.139. The van der Waals surface area contributed by atoms with Gasteiger partial charge in [0, 0.05) is 19.1 Å². The lowest BCUT2D eigenvalue weighted by atomic mass is 10.1. The summed E-state index contributed by atoms with van der Waals surface area (Å²) >= 11 is 0.